The summed E-state index contributed by atoms with van der Waals surface area (Å²) in [7, 11) is 0. The van der Waals surface area contributed by atoms with Crippen LogP contribution in [-0.4, -0.2) is 25.7 Å². The quantitative estimate of drug-likeness (QED) is 0.771. The zero-order valence-corrected chi connectivity index (χ0v) is 12.5. The number of nitrogens with one attached hydrogen (secondary N) is 2. The Balaban J connectivity index is 1.58. The number of carbonyl (C=O) groups excluding carboxylic acids is 1. The first-order valence-electron chi connectivity index (χ1n) is 7.28. The Hall–Kier alpha value is -2.63. The lowest BCUT2D eigenvalue weighted by molar-refractivity contribution is 0.236. The number of carbonyl (C=O) groups is 1. The molecule has 0 fully saturated rings. The van der Waals surface area contributed by atoms with E-state index in [2.05, 4.69) is 10.6 Å². The molecular formula is C17H18F2N2O2. The Morgan fingerprint density at radius 2 is 1.70 bits per heavy atom. The number of ether oxygens (including phenoxy) is 1. The van der Waals surface area contributed by atoms with E-state index in [1.54, 1.807) is 0 Å². The highest BCUT2D eigenvalue weighted by molar-refractivity contribution is 5.73. The Labute approximate surface area is 133 Å². The second kappa shape index (κ2) is 8.73. The van der Waals surface area contributed by atoms with Crippen molar-refractivity contribution in [3.63, 3.8) is 0 Å². The van der Waals surface area contributed by atoms with E-state index in [-0.39, 0.29) is 24.9 Å². The van der Waals surface area contributed by atoms with Crippen LogP contribution in [-0.2, 0) is 6.42 Å². The lowest BCUT2D eigenvalue weighted by atomic mass is 10.1. The molecule has 23 heavy (non-hydrogen) atoms. The van der Waals surface area contributed by atoms with Gasteiger partial charge in [-0.1, -0.05) is 30.3 Å². The number of benzene rings is 2. The third-order valence-electron chi connectivity index (χ3n) is 3.09. The molecule has 6 heteroatoms. The molecular weight excluding hydrogens is 302 g/mol. The van der Waals surface area contributed by atoms with Crippen molar-refractivity contribution in [2.24, 2.45) is 0 Å². The predicted octanol–water partition coefficient (Wildman–Crippen LogP) is 2.89. The van der Waals surface area contributed by atoms with Gasteiger partial charge in [-0.15, -0.1) is 0 Å². The number of amides is 2. The van der Waals surface area contributed by atoms with Crippen molar-refractivity contribution in [1.82, 2.24) is 10.6 Å². The Bertz CT molecular complexity index is 636. The van der Waals surface area contributed by atoms with Crippen LogP contribution >= 0.6 is 0 Å². The lowest BCUT2D eigenvalue weighted by Gasteiger charge is -2.09. The van der Waals surface area contributed by atoms with Crippen LogP contribution in [0.5, 0.6) is 5.75 Å². The van der Waals surface area contributed by atoms with Crippen LogP contribution in [0.15, 0.2) is 48.5 Å². The minimum absolute atomic E-state index is 0.164. The molecule has 4 nitrogen and oxygen atoms in total. The lowest BCUT2D eigenvalue weighted by Crippen LogP contribution is -2.38. The maximum Gasteiger partial charge on any atom is 0.314 e. The molecule has 0 aromatic heterocycles. The fourth-order valence-electron chi connectivity index (χ4n) is 1.93. The molecule has 0 atom stereocenters. The summed E-state index contributed by atoms with van der Waals surface area (Å²) in [5.74, 6) is -1.67. The van der Waals surface area contributed by atoms with Gasteiger partial charge >= 0.3 is 6.03 Å². The molecule has 0 heterocycles. The van der Waals surface area contributed by atoms with Crippen LogP contribution in [0.4, 0.5) is 13.6 Å². The molecule has 2 amide bonds. The van der Waals surface area contributed by atoms with Gasteiger partial charge < -0.3 is 15.4 Å². The van der Waals surface area contributed by atoms with Gasteiger partial charge in [0.05, 0.1) is 6.54 Å². The van der Waals surface area contributed by atoms with Crippen LogP contribution in [0.25, 0.3) is 0 Å². The van der Waals surface area contributed by atoms with E-state index >= 15 is 0 Å². The average molecular weight is 320 g/mol. The monoisotopic (exact) mass is 320 g/mol. The smallest absolute Gasteiger partial charge is 0.314 e. The average Bonchev–Trinajstić information content (AvgIpc) is 2.56. The molecule has 0 radical (unpaired) electrons. The summed E-state index contributed by atoms with van der Waals surface area (Å²) in [4.78, 5) is 11.6. The maximum atomic E-state index is 13.0. The van der Waals surface area contributed by atoms with Crippen LogP contribution in [0, 0.1) is 11.6 Å². The third-order valence-corrected chi connectivity index (χ3v) is 3.09. The number of rotatable bonds is 7. The zero-order valence-electron chi connectivity index (χ0n) is 12.5. The Morgan fingerprint density at radius 1 is 0.957 bits per heavy atom. The van der Waals surface area contributed by atoms with Gasteiger partial charge in [0.1, 0.15) is 12.4 Å². The number of urea groups is 1. The van der Waals surface area contributed by atoms with Crippen molar-refractivity contribution >= 4 is 6.03 Å². The molecule has 2 N–H and O–H groups in total. The summed E-state index contributed by atoms with van der Waals surface area (Å²) in [6.45, 7) is 0.952. The van der Waals surface area contributed by atoms with Crippen LogP contribution < -0.4 is 15.4 Å². The summed E-state index contributed by atoms with van der Waals surface area (Å²) in [5.41, 5.74) is 1.15. The molecule has 2 rings (SSSR count). The minimum atomic E-state index is -0.964. The van der Waals surface area contributed by atoms with E-state index in [0.717, 1.165) is 24.1 Å². The predicted molar refractivity (Wildman–Crippen MR) is 83.4 cm³/mol. The standard InChI is InChI=1S/C17H18F2N2O2/c18-15-7-6-14(12-16(15)19)23-11-10-21-17(22)20-9-8-13-4-2-1-3-5-13/h1-7,12H,8-11H2,(H2,20,21,22). The van der Waals surface area contributed by atoms with Gasteiger partial charge in [-0.2, -0.15) is 0 Å². The molecule has 0 unspecified atom stereocenters. The van der Waals surface area contributed by atoms with E-state index in [9.17, 15) is 13.6 Å². The largest absolute Gasteiger partial charge is 0.492 e. The highest BCUT2D eigenvalue weighted by Crippen LogP contribution is 2.14. The Morgan fingerprint density at radius 3 is 2.43 bits per heavy atom. The van der Waals surface area contributed by atoms with Crippen LogP contribution in [0.1, 0.15) is 5.56 Å². The molecule has 2 aromatic carbocycles. The summed E-state index contributed by atoms with van der Waals surface area (Å²) in [6, 6.07) is 12.8. The summed E-state index contributed by atoms with van der Waals surface area (Å²) in [5, 5.41) is 5.35. The third kappa shape index (κ3) is 5.94. The van der Waals surface area contributed by atoms with Gasteiger partial charge in [-0.05, 0) is 24.1 Å². The fraction of sp³-hybridized carbons (Fsp3) is 0.235. The first-order chi connectivity index (χ1) is 11.1. The van der Waals surface area contributed by atoms with Gasteiger partial charge in [-0.25, -0.2) is 13.6 Å². The van der Waals surface area contributed by atoms with Gasteiger partial charge in [-0.3, -0.25) is 0 Å². The van der Waals surface area contributed by atoms with E-state index in [4.69, 9.17) is 4.74 Å². The van der Waals surface area contributed by atoms with E-state index < -0.39 is 11.6 Å². The van der Waals surface area contributed by atoms with Gasteiger partial charge in [0, 0.05) is 12.6 Å². The second-order valence-corrected chi connectivity index (χ2v) is 4.84. The summed E-state index contributed by atoms with van der Waals surface area (Å²) in [6.07, 6.45) is 0.750. The van der Waals surface area contributed by atoms with Crippen molar-refractivity contribution in [1.29, 1.82) is 0 Å². The van der Waals surface area contributed by atoms with Crippen LogP contribution in [0.2, 0.25) is 0 Å². The van der Waals surface area contributed by atoms with E-state index in [1.807, 2.05) is 30.3 Å². The fourth-order valence-corrected chi connectivity index (χ4v) is 1.93. The van der Waals surface area contributed by atoms with E-state index in [1.165, 1.54) is 6.07 Å². The van der Waals surface area contributed by atoms with Gasteiger partial charge in [0.25, 0.3) is 0 Å². The zero-order chi connectivity index (χ0) is 16.5. The summed E-state index contributed by atoms with van der Waals surface area (Å²) < 4.78 is 30.9. The molecule has 0 bridgehead atoms. The van der Waals surface area contributed by atoms with Crippen molar-refractivity contribution in [2.75, 3.05) is 19.7 Å². The van der Waals surface area contributed by atoms with Crippen molar-refractivity contribution in [3.05, 3.63) is 65.7 Å². The van der Waals surface area contributed by atoms with Gasteiger partial charge in [0.2, 0.25) is 0 Å². The molecule has 0 saturated heterocycles. The normalized spacial score (nSPS) is 10.2. The second-order valence-electron chi connectivity index (χ2n) is 4.84. The number of hydrogen-bond acceptors (Lipinski definition) is 2. The van der Waals surface area contributed by atoms with Crippen molar-refractivity contribution < 1.29 is 18.3 Å². The number of hydrogen-bond donors (Lipinski definition) is 2. The first kappa shape index (κ1) is 16.7. The molecule has 2 aromatic rings. The van der Waals surface area contributed by atoms with Gasteiger partial charge in [0.15, 0.2) is 11.6 Å². The SMILES string of the molecule is O=C(NCCOc1ccc(F)c(F)c1)NCCc1ccccc1. The highest BCUT2D eigenvalue weighted by atomic mass is 19.2. The van der Waals surface area contributed by atoms with Crippen molar-refractivity contribution in [3.8, 4) is 5.75 Å². The van der Waals surface area contributed by atoms with Crippen molar-refractivity contribution in [2.45, 2.75) is 6.42 Å². The molecule has 0 saturated carbocycles. The molecule has 0 spiro atoms. The van der Waals surface area contributed by atoms with E-state index in [0.29, 0.717) is 6.54 Å². The highest BCUT2D eigenvalue weighted by Gasteiger charge is 2.03. The molecule has 0 aliphatic rings. The number of halogens is 2. The maximum absolute atomic E-state index is 13.0. The minimum Gasteiger partial charge on any atom is -0.492 e. The molecule has 0 aliphatic carbocycles. The first-order valence-corrected chi connectivity index (χ1v) is 7.28. The molecule has 0 aliphatic heterocycles. The van der Waals surface area contributed by atoms with Crippen LogP contribution in [0.3, 0.4) is 0 Å². The summed E-state index contributed by atoms with van der Waals surface area (Å²) >= 11 is 0. The topological polar surface area (TPSA) is 50.4 Å². The Kier molecular flexibility index (Phi) is 6.35. The molecule has 122 valence electrons.